The third-order valence-electron chi connectivity index (χ3n) is 7.33. The first-order chi connectivity index (χ1) is 23.2. The highest BCUT2D eigenvalue weighted by Gasteiger charge is 2.52. The minimum absolute atomic E-state index is 0.0681. The Morgan fingerprint density at radius 1 is 0.896 bits per heavy atom. The fraction of sp³-hybridized carbons (Fsp3) is 0.182. The van der Waals surface area contributed by atoms with E-state index in [4.69, 9.17) is 14.2 Å². The van der Waals surface area contributed by atoms with Crippen LogP contribution < -0.4 is 0 Å². The van der Waals surface area contributed by atoms with Gasteiger partial charge in [0.05, 0.1) is 23.9 Å². The Hall–Kier alpha value is -4.57. The first kappa shape index (κ1) is 33.3. The van der Waals surface area contributed by atoms with Crippen LogP contribution in [0.3, 0.4) is 0 Å². The van der Waals surface area contributed by atoms with E-state index in [-0.39, 0.29) is 22.4 Å². The van der Waals surface area contributed by atoms with E-state index in [1.165, 1.54) is 23.0 Å². The number of thioether (sulfide) groups is 1. The van der Waals surface area contributed by atoms with E-state index in [0.717, 1.165) is 23.9 Å². The average molecular weight is 742 g/mol. The largest absolute Gasteiger partial charge is 0.453 e. The second kappa shape index (κ2) is 14.7. The number of carbonyl (C=O) groups excluding carboxylic acids is 2. The van der Waals surface area contributed by atoms with Crippen molar-refractivity contribution < 1.29 is 42.1 Å². The van der Waals surface area contributed by atoms with Crippen LogP contribution in [0.25, 0.3) is 11.3 Å². The van der Waals surface area contributed by atoms with Crippen molar-refractivity contribution in [2.45, 2.75) is 34.7 Å². The molecule has 10 nitrogen and oxygen atoms in total. The zero-order valence-corrected chi connectivity index (χ0v) is 26.9. The second-order valence-corrected chi connectivity index (χ2v) is 12.6. The molecule has 0 aliphatic carbocycles. The zero-order valence-electron chi connectivity index (χ0n) is 24.5. The summed E-state index contributed by atoms with van der Waals surface area (Å²) in [4.78, 5) is 31.7. The van der Waals surface area contributed by atoms with Gasteiger partial charge in [0.25, 0.3) is 0 Å². The van der Waals surface area contributed by atoms with Crippen LogP contribution in [0.2, 0.25) is 0 Å². The van der Waals surface area contributed by atoms with Gasteiger partial charge in [-0.2, -0.15) is 0 Å². The smallest absolute Gasteiger partial charge is 0.338 e. The average Bonchev–Trinajstić information content (AvgIpc) is 3.58. The fourth-order valence-corrected chi connectivity index (χ4v) is 6.74. The van der Waals surface area contributed by atoms with Gasteiger partial charge >= 0.3 is 11.9 Å². The van der Waals surface area contributed by atoms with Gasteiger partial charge < -0.3 is 19.3 Å². The molecule has 5 aromatic rings. The van der Waals surface area contributed by atoms with Crippen LogP contribution >= 0.6 is 27.7 Å². The molecule has 6 rings (SSSR count). The van der Waals surface area contributed by atoms with Crippen LogP contribution in [0.4, 0.5) is 13.2 Å². The van der Waals surface area contributed by atoms with Crippen molar-refractivity contribution in [1.29, 1.82) is 0 Å². The van der Waals surface area contributed by atoms with E-state index in [9.17, 15) is 27.9 Å². The molecule has 1 aliphatic heterocycles. The maximum Gasteiger partial charge on any atom is 0.338 e. The van der Waals surface area contributed by atoms with Gasteiger partial charge in [-0.15, -0.1) is 5.10 Å². The number of halogens is 4. The lowest BCUT2D eigenvalue weighted by Gasteiger charge is -2.44. The highest BCUT2D eigenvalue weighted by atomic mass is 79.9. The van der Waals surface area contributed by atoms with Crippen LogP contribution in [0, 0.1) is 17.5 Å². The van der Waals surface area contributed by atoms with Crippen LogP contribution in [0.5, 0.6) is 0 Å². The number of carbonyl (C=O) groups is 2. The van der Waals surface area contributed by atoms with Crippen molar-refractivity contribution in [2.24, 2.45) is 0 Å². The van der Waals surface area contributed by atoms with Gasteiger partial charge in [-0.3, -0.25) is 4.98 Å². The molecule has 0 bridgehead atoms. The lowest BCUT2D eigenvalue weighted by atomic mass is 9.96. The molecular formula is C33H24BrF3N4O6S. The molecule has 48 heavy (non-hydrogen) atoms. The van der Waals surface area contributed by atoms with E-state index >= 15 is 0 Å². The quantitative estimate of drug-likeness (QED) is 0.142. The van der Waals surface area contributed by atoms with Gasteiger partial charge in [0.1, 0.15) is 23.3 Å². The molecule has 3 heterocycles. The van der Waals surface area contributed by atoms with Crippen molar-refractivity contribution in [3.05, 3.63) is 131 Å². The number of ether oxygens (including phenoxy) is 3. The molecule has 3 aromatic carbocycles. The van der Waals surface area contributed by atoms with Crippen LogP contribution in [-0.4, -0.2) is 67.4 Å². The van der Waals surface area contributed by atoms with Gasteiger partial charge in [-0.05, 0) is 58.4 Å². The number of rotatable bonds is 9. The van der Waals surface area contributed by atoms with Crippen LogP contribution in [-0.2, 0) is 14.2 Å². The molecule has 0 radical (unpaired) electrons. The summed E-state index contributed by atoms with van der Waals surface area (Å²) >= 11 is 4.51. The third kappa shape index (κ3) is 7.28. The number of aliphatic hydroxyl groups is 1. The topological polar surface area (TPSA) is 126 Å². The van der Waals surface area contributed by atoms with Crippen molar-refractivity contribution in [3.8, 4) is 11.3 Å². The standard InChI is InChI=1S/C33H24BrF3N4O6S/c34-21-13-22(15-38-14-21)48-33-30(47-32(44)19-9-5-2-6-10-19)28(29(26(17-42)45-33)46-31(43)18-7-3-1-4-8-18)41-16-25(39-40-41)20-11-23(35)27(37)24(36)12-20/h1-16,26,28-30,33,42H,17H2. The first-order valence-corrected chi connectivity index (χ1v) is 16.0. The highest BCUT2D eigenvalue weighted by molar-refractivity contribution is 9.10. The molecule has 0 saturated carbocycles. The van der Waals surface area contributed by atoms with Gasteiger partial charge in [-0.25, -0.2) is 27.4 Å². The van der Waals surface area contributed by atoms with Gasteiger partial charge in [0.2, 0.25) is 0 Å². The lowest BCUT2D eigenvalue weighted by molar-refractivity contribution is -0.181. The Labute approximate surface area is 284 Å². The number of pyridine rings is 1. The Kier molecular flexibility index (Phi) is 10.2. The second-order valence-electron chi connectivity index (χ2n) is 10.5. The van der Waals surface area contributed by atoms with Crippen molar-refractivity contribution in [3.63, 3.8) is 0 Å². The Bertz CT molecular complexity index is 1900. The molecule has 1 fully saturated rings. The fourth-order valence-electron chi connectivity index (χ4n) is 5.09. The lowest BCUT2D eigenvalue weighted by Crippen LogP contribution is -2.57. The molecule has 0 amide bonds. The summed E-state index contributed by atoms with van der Waals surface area (Å²) in [6, 6.07) is 18.3. The number of benzene rings is 3. The van der Waals surface area contributed by atoms with Crippen molar-refractivity contribution in [2.75, 3.05) is 6.61 Å². The Balaban J connectivity index is 1.46. The molecule has 5 atom stereocenters. The maximum absolute atomic E-state index is 14.2. The summed E-state index contributed by atoms with van der Waals surface area (Å²) in [5.41, 5.74) is -0.843. The summed E-state index contributed by atoms with van der Waals surface area (Å²) in [7, 11) is 0. The minimum atomic E-state index is -1.65. The normalized spacial score (nSPS) is 20.6. The SMILES string of the molecule is O=C(OC1C(CO)OC(Sc2cncc(Br)c2)C(OC(=O)c2ccccc2)C1n1cc(-c2cc(F)c(F)c(F)c2)nn1)c1ccccc1. The molecule has 246 valence electrons. The van der Waals surface area contributed by atoms with Crippen LogP contribution in [0.1, 0.15) is 26.8 Å². The molecule has 1 aliphatic rings. The summed E-state index contributed by atoms with van der Waals surface area (Å²) in [5, 5.41) is 18.7. The van der Waals surface area contributed by atoms with E-state index in [1.54, 1.807) is 67.0 Å². The first-order valence-electron chi connectivity index (χ1n) is 14.3. The van der Waals surface area contributed by atoms with E-state index < -0.39 is 65.8 Å². The van der Waals surface area contributed by atoms with Gasteiger partial charge in [-0.1, -0.05) is 53.4 Å². The molecular weight excluding hydrogens is 717 g/mol. The minimum Gasteiger partial charge on any atom is -0.453 e. The summed E-state index contributed by atoms with van der Waals surface area (Å²) in [6.07, 6.45) is 0.616. The molecule has 15 heteroatoms. The Morgan fingerprint density at radius 2 is 1.50 bits per heavy atom. The van der Waals surface area contributed by atoms with E-state index in [1.807, 2.05) is 0 Å². The number of nitrogens with zero attached hydrogens (tertiary/aromatic N) is 4. The number of aliphatic hydroxyl groups excluding tert-OH is 1. The number of hydrogen-bond acceptors (Lipinski definition) is 10. The van der Waals surface area contributed by atoms with Gasteiger partial charge in [0.15, 0.2) is 29.7 Å². The van der Waals surface area contributed by atoms with E-state index in [0.29, 0.717) is 9.37 Å². The number of hydrogen-bond donors (Lipinski definition) is 1. The Morgan fingerprint density at radius 3 is 2.08 bits per heavy atom. The maximum atomic E-state index is 14.2. The molecule has 0 spiro atoms. The molecule has 5 unspecified atom stereocenters. The zero-order chi connectivity index (χ0) is 33.8. The summed E-state index contributed by atoms with van der Waals surface area (Å²) in [5.74, 6) is -6.04. The predicted molar refractivity (Wildman–Crippen MR) is 169 cm³/mol. The molecule has 2 aromatic heterocycles. The summed E-state index contributed by atoms with van der Waals surface area (Å²) < 4.78 is 62.3. The summed E-state index contributed by atoms with van der Waals surface area (Å²) in [6.45, 7) is -0.633. The third-order valence-corrected chi connectivity index (χ3v) is 8.87. The van der Waals surface area contributed by atoms with E-state index in [2.05, 4.69) is 31.2 Å². The predicted octanol–water partition coefficient (Wildman–Crippen LogP) is 6.02. The van der Waals surface area contributed by atoms with Crippen molar-refractivity contribution in [1.82, 2.24) is 20.0 Å². The number of aromatic nitrogens is 4. The van der Waals surface area contributed by atoms with Gasteiger partial charge in [0, 0.05) is 27.3 Å². The number of esters is 2. The highest BCUT2D eigenvalue weighted by Crippen LogP contribution is 2.42. The molecule has 1 saturated heterocycles. The molecule has 1 N–H and O–H groups in total. The van der Waals surface area contributed by atoms with Crippen LogP contribution in [0.15, 0.2) is 107 Å². The van der Waals surface area contributed by atoms with Crippen molar-refractivity contribution >= 4 is 39.6 Å². The monoisotopic (exact) mass is 740 g/mol.